The zero-order valence-corrected chi connectivity index (χ0v) is 10.3. The molecule has 2 rings (SSSR count). The van der Waals surface area contributed by atoms with Crippen LogP contribution in [-0.2, 0) is 0 Å². The van der Waals surface area contributed by atoms with Crippen molar-refractivity contribution in [3.05, 3.63) is 16.3 Å². The number of hydrogen-bond donors (Lipinski definition) is 3. The first-order chi connectivity index (χ1) is 9.15. The molecule has 1 unspecified atom stereocenters. The Bertz CT molecular complexity index is 469. The zero-order chi connectivity index (χ0) is 13.8. The standard InChI is InChI=1S/C10H16N6O3/c11-14-10-12-5-8(16(18)19)9(13-10)15-3-1-7(6-15)2-4-17/h5,7,17H,1-4,6,11H2,(H,12,13,14). The van der Waals surface area contributed by atoms with E-state index in [9.17, 15) is 10.1 Å². The van der Waals surface area contributed by atoms with E-state index < -0.39 is 4.92 Å². The molecule has 9 nitrogen and oxygen atoms in total. The molecule has 0 spiro atoms. The van der Waals surface area contributed by atoms with Crippen LogP contribution >= 0.6 is 0 Å². The van der Waals surface area contributed by atoms with Crippen molar-refractivity contribution in [3.8, 4) is 0 Å². The van der Waals surface area contributed by atoms with Gasteiger partial charge in [0.1, 0.15) is 6.20 Å². The molecule has 0 aliphatic carbocycles. The number of nitrogens with zero attached hydrogens (tertiary/aromatic N) is 4. The number of nitrogens with one attached hydrogen (secondary N) is 1. The normalized spacial score (nSPS) is 18.6. The van der Waals surface area contributed by atoms with E-state index in [1.54, 1.807) is 0 Å². The number of nitro groups is 1. The highest BCUT2D eigenvalue weighted by Crippen LogP contribution is 2.31. The molecule has 9 heteroatoms. The average Bonchev–Trinajstić information content (AvgIpc) is 2.87. The summed E-state index contributed by atoms with van der Waals surface area (Å²) in [5, 5.41) is 19.9. The minimum absolute atomic E-state index is 0.125. The maximum atomic E-state index is 11.0. The summed E-state index contributed by atoms with van der Waals surface area (Å²) in [5.74, 6) is 5.97. The number of nitrogen functional groups attached to an aromatic ring is 1. The van der Waals surface area contributed by atoms with Crippen molar-refractivity contribution in [3.63, 3.8) is 0 Å². The van der Waals surface area contributed by atoms with Gasteiger partial charge in [-0.25, -0.2) is 10.8 Å². The molecule has 2 heterocycles. The van der Waals surface area contributed by atoms with Crippen LogP contribution in [0.1, 0.15) is 12.8 Å². The molecule has 1 saturated heterocycles. The fourth-order valence-corrected chi connectivity index (χ4v) is 2.24. The molecule has 19 heavy (non-hydrogen) atoms. The summed E-state index contributed by atoms with van der Waals surface area (Å²) in [6.07, 6.45) is 2.72. The Kier molecular flexibility index (Phi) is 4.07. The minimum Gasteiger partial charge on any atom is -0.396 e. The van der Waals surface area contributed by atoms with Gasteiger partial charge >= 0.3 is 5.69 Å². The second-order valence-corrected chi connectivity index (χ2v) is 4.42. The van der Waals surface area contributed by atoms with Crippen LogP contribution in [-0.4, -0.2) is 39.7 Å². The Labute approximate surface area is 109 Å². The fraction of sp³-hybridized carbons (Fsp3) is 0.600. The van der Waals surface area contributed by atoms with Crippen molar-refractivity contribution >= 4 is 17.5 Å². The molecule has 1 aromatic heterocycles. The highest BCUT2D eigenvalue weighted by molar-refractivity contribution is 5.59. The van der Waals surface area contributed by atoms with Crippen LogP contribution in [0.5, 0.6) is 0 Å². The van der Waals surface area contributed by atoms with Crippen LogP contribution in [0, 0.1) is 16.0 Å². The zero-order valence-electron chi connectivity index (χ0n) is 10.3. The van der Waals surface area contributed by atoms with Gasteiger partial charge < -0.3 is 10.0 Å². The van der Waals surface area contributed by atoms with Crippen molar-refractivity contribution in [2.24, 2.45) is 11.8 Å². The number of aliphatic hydroxyl groups excluding tert-OH is 1. The molecular formula is C10H16N6O3. The van der Waals surface area contributed by atoms with Gasteiger partial charge in [0, 0.05) is 19.7 Å². The lowest BCUT2D eigenvalue weighted by Gasteiger charge is -2.17. The number of aliphatic hydroxyl groups is 1. The predicted octanol–water partition coefficient (Wildman–Crippen LogP) is -0.121. The van der Waals surface area contributed by atoms with E-state index in [0.29, 0.717) is 25.4 Å². The van der Waals surface area contributed by atoms with Gasteiger partial charge in [0.25, 0.3) is 0 Å². The van der Waals surface area contributed by atoms with Gasteiger partial charge in [-0.2, -0.15) is 4.98 Å². The van der Waals surface area contributed by atoms with Crippen molar-refractivity contribution in [2.45, 2.75) is 12.8 Å². The highest BCUT2D eigenvalue weighted by Gasteiger charge is 2.29. The molecule has 0 amide bonds. The second-order valence-electron chi connectivity index (χ2n) is 4.42. The van der Waals surface area contributed by atoms with Gasteiger partial charge in [0.2, 0.25) is 11.8 Å². The van der Waals surface area contributed by atoms with Gasteiger partial charge in [-0.3, -0.25) is 15.5 Å². The van der Waals surface area contributed by atoms with E-state index >= 15 is 0 Å². The molecule has 1 aliphatic rings. The second kappa shape index (κ2) is 5.76. The van der Waals surface area contributed by atoms with Crippen LogP contribution in [0.4, 0.5) is 17.5 Å². The van der Waals surface area contributed by atoms with Crippen LogP contribution in [0.15, 0.2) is 6.20 Å². The van der Waals surface area contributed by atoms with Crippen molar-refractivity contribution in [1.82, 2.24) is 9.97 Å². The van der Waals surface area contributed by atoms with E-state index in [1.807, 2.05) is 4.90 Å². The summed E-state index contributed by atoms with van der Waals surface area (Å²) in [6, 6.07) is 0. The van der Waals surface area contributed by atoms with E-state index in [4.69, 9.17) is 10.9 Å². The van der Waals surface area contributed by atoms with Crippen LogP contribution in [0.2, 0.25) is 0 Å². The maximum Gasteiger partial charge on any atom is 0.329 e. The summed E-state index contributed by atoms with van der Waals surface area (Å²) in [6.45, 7) is 1.44. The lowest BCUT2D eigenvalue weighted by atomic mass is 10.1. The Balaban J connectivity index is 2.25. The van der Waals surface area contributed by atoms with Crippen LogP contribution in [0.3, 0.4) is 0 Å². The summed E-state index contributed by atoms with van der Waals surface area (Å²) in [7, 11) is 0. The number of anilines is 2. The van der Waals surface area contributed by atoms with Gasteiger partial charge in [-0.15, -0.1) is 0 Å². The quantitative estimate of drug-likeness (QED) is 0.382. The summed E-state index contributed by atoms with van der Waals surface area (Å²) in [4.78, 5) is 20.1. The summed E-state index contributed by atoms with van der Waals surface area (Å²) < 4.78 is 0. The Morgan fingerprint density at radius 2 is 2.47 bits per heavy atom. The molecule has 1 atom stereocenters. The number of aromatic nitrogens is 2. The van der Waals surface area contributed by atoms with Gasteiger partial charge in [-0.1, -0.05) is 0 Å². The third kappa shape index (κ3) is 2.88. The van der Waals surface area contributed by atoms with Gasteiger partial charge in [0.15, 0.2) is 0 Å². The van der Waals surface area contributed by atoms with Crippen molar-refractivity contribution in [2.75, 3.05) is 30.0 Å². The molecule has 0 saturated carbocycles. The monoisotopic (exact) mass is 268 g/mol. The molecule has 0 radical (unpaired) electrons. The topological polar surface area (TPSA) is 130 Å². The molecule has 1 aromatic rings. The SMILES string of the molecule is NNc1ncc([N+](=O)[O-])c(N2CCC(CCO)C2)n1. The number of hydrazine groups is 1. The first-order valence-electron chi connectivity index (χ1n) is 5.99. The Hall–Kier alpha value is -2.00. The van der Waals surface area contributed by atoms with E-state index in [1.165, 1.54) is 0 Å². The fourth-order valence-electron chi connectivity index (χ4n) is 2.24. The molecule has 4 N–H and O–H groups in total. The van der Waals surface area contributed by atoms with Crippen LogP contribution < -0.4 is 16.2 Å². The molecule has 1 aliphatic heterocycles. The number of hydrogen-bond acceptors (Lipinski definition) is 8. The van der Waals surface area contributed by atoms with Crippen LogP contribution in [0.25, 0.3) is 0 Å². The third-order valence-corrected chi connectivity index (χ3v) is 3.20. The molecule has 0 bridgehead atoms. The Morgan fingerprint density at radius 1 is 1.68 bits per heavy atom. The highest BCUT2D eigenvalue weighted by atomic mass is 16.6. The van der Waals surface area contributed by atoms with Crippen molar-refractivity contribution in [1.29, 1.82) is 0 Å². The first-order valence-corrected chi connectivity index (χ1v) is 5.99. The van der Waals surface area contributed by atoms with E-state index in [2.05, 4.69) is 15.4 Å². The van der Waals surface area contributed by atoms with Gasteiger partial charge in [0.05, 0.1) is 4.92 Å². The third-order valence-electron chi connectivity index (χ3n) is 3.20. The smallest absolute Gasteiger partial charge is 0.329 e. The summed E-state index contributed by atoms with van der Waals surface area (Å²) in [5.41, 5.74) is 2.15. The van der Waals surface area contributed by atoms with Crippen molar-refractivity contribution < 1.29 is 10.0 Å². The minimum atomic E-state index is -0.505. The number of rotatable bonds is 5. The molecule has 1 fully saturated rings. The Morgan fingerprint density at radius 3 is 3.11 bits per heavy atom. The molecular weight excluding hydrogens is 252 g/mol. The first kappa shape index (κ1) is 13.4. The predicted molar refractivity (Wildman–Crippen MR) is 68.5 cm³/mol. The average molecular weight is 268 g/mol. The van der Waals surface area contributed by atoms with E-state index in [-0.39, 0.29) is 24.1 Å². The largest absolute Gasteiger partial charge is 0.396 e. The molecule has 0 aromatic carbocycles. The summed E-state index contributed by atoms with van der Waals surface area (Å²) >= 11 is 0. The maximum absolute atomic E-state index is 11.0. The lowest BCUT2D eigenvalue weighted by Crippen LogP contribution is -2.23. The van der Waals surface area contributed by atoms with Gasteiger partial charge in [-0.05, 0) is 18.8 Å². The lowest BCUT2D eigenvalue weighted by molar-refractivity contribution is -0.384. The molecule has 104 valence electrons. The number of nitrogens with two attached hydrogens (primary N) is 1. The van der Waals surface area contributed by atoms with E-state index in [0.717, 1.165) is 12.6 Å².